The summed E-state index contributed by atoms with van der Waals surface area (Å²) < 4.78 is 4.62. The second-order valence-corrected chi connectivity index (χ2v) is 16.0. The number of benzene rings is 10. The van der Waals surface area contributed by atoms with Gasteiger partial charge in [-0.15, -0.1) is 0 Å². The highest BCUT2D eigenvalue weighted by Crippen LogP contribution is 2.41. The number of para-hydroxylation sites is 2. The van der Waals surface area contributed by atoms with E-state index in [9.17, 15) is 0 Å². The van der Waals surface area contributed by atoms with Gasteiger partial charge in [0.1, 0.15) is 0 Å². The molecule has 0 saturated carbocycles. The first-order chi connectivity index (χ1) is 30.7. The average molecular weight is 790 g/mol. The van der Waals surface area contributed by atoms with Crippen molar-refractivity contribution in [3.63, 3.8) is 0 Å². The van der Waals surface area contributed by atoms with E-state index in [1.54, 1.807) is 0 Å². The molecule has 0 atom stereocenters. The third-order valence-electron chi connectivity index (χ3n) is 12.6. The van der Waals surface area contributed by atoms with Crippen LogP contribution in [0.1, 0.15) is 0 Å². The van der Waals surface area contributed by atoms with Crippen molar-refractivity contribution in [2.75, 3.05) is 0 Å². The Kier molecular flexibility index (Phi) is 7.54. The number of fused-ring (bicyclic) bond motifs is 12. The van der Waals surface area contributed by atoms with E-state index in [1.807, 2.05) is 36.4 Å². The molecule has 5 nitrogen and oxygen atoms in total. The van der Waals surface area contributed by atoms with Crippen molar-refractivity contribution in [2.45, 2.75) is 0 Å². The minimum Gasteiger partial charge on any atom is -0.309 e. The molecule has 13 aromatic rings. The van der Waals surface area contributed by atoms with Gasteiger partial charge in [0.2, 0.25) is 5.95 Å². The molecule has 62 heavy (non-hydrogen) atoms. The van der Waals surface area contributed by atoms with Gasteiger partial charge in [-0.25, -0.2) is 4.98 Å². The maximum Gasteiger partial charge on any atom is 0.238 e. The molecule has 0 aliphatic rings. The summed E-state index contributed by atoms with van der Waals surface area (Å²) in [4.78, 5) is 15.4. The van der Waals surface area contributed by atoms with E-state index < -0.39 is 0 Å². The van der Waals surface area contributed by atoms with Crippen molar-refractivity contribution < 1.29 is 0 Å². The van der Waals surface area contributed by atoms with Gasteiger partial charge >= 0.3 is 0 Å². The Morgan fingerprint density at radius 2 is 0.661 bits per heavy atom. The molecule has 0 radical (unpaired) electrons. The van der Waals surface area contributed by atoms with Crippen LogP contribution in [0.25, 0.3) is 121 Å². The Hall–Kier alpha value is -8.41. The number of aromatic nitrogens is 5. The summed E-state index contributed by atoms with van der Waals surface area (Å²) in [5, 5.41) is 12.3. The van der Waals surface area contributed by atoms with E-state index in [0.717, 1.165) is 55.0 Å². The second kappa shape index (κ2) is 13.6. The molecule has 288 valence electrons. The molecule has 0 aliphatic heterocycles. The molecule has 0 spiro atoms. The second-order valence-electron chi connectivity index (χ2n) is 16.0. The standard InChI is InChI=1S/C57H35N5/c1-3-15-37(16-4-1)55-58-56(38-17-5-2-6-18-38)60-57(59-55)62-52-26-14-12-24-47(52)50-34-53-49(35-54(50)62)46-23-11-13-25-51(46)61(53)40-30-27-36(28-31-40)39-29-32-45-43-21-8-7-19-41(43)42-20-9-10-22-44(42)48(45)33-39/h1-35H. The lowest BCUT2D eigenvalue weighted by Gasteiger charge is -2.13. The van der Waals surface area contributed by atoms with Crippen LogP contribution in [0.4, 0.5) is 0 Å². The van der Waals surface area contributed by atoms with Crippen LogP contribution in [-0.2, 0) is 0 Å². The van der Waals surface area contributed by atoms with Gasteiger partial charge in [0, 0.05) is 38.4 Å². The monoisotopic (exact) mass is 789 g/mol. The Morgan fingerprint density at radius 3 is 1.21 bits per heavy atom. The van der Waals surface area contributed by atoms with Crippen LogP contribution in [0, 0.1) is 0 Å². The lowest BCUT2D eigenvalue weighted by atomic mass is 9.92. The first kappa shape index (κ1) is 34.5. The van der Waals surface area contributed by atoms with Crippen molar-refractivity contribution in [1.29, 1.82) is 0 Å². The van der Waals surface area contributed by atoms with Crippen LogP contribution in [0.15, 0.2) is 212 Å². The highest BCUT2D eigenvalue weighted by molar-refractivity contribution is 6.26. The van der Waals surface area contributed by atoms with Crippen molar-refractivity contribution in [1.82, 2.24) is 24.1 Å². The van der Waals surface area contributed by atoms with Crippen molar-refractivity contribution >= 4 is 75.9 Å². The number of hydrogen-bond donors (Lipinski definition) is 0. The van der Waals surface area contributed by atoms with Gasteiger partial charge in [0.25, 0.3) is 0 Å². The molecule has 3 aromatic heterocycles. The summed E-state index contributed by atoms with van der Waals surface area (Å²) in [6, 6.07) is 75.8. The van der Waals surface area contributed by atoms with E-state index in [0.29, 0.717) is 17.6 Å². The van der Waals surface area contributed by atoms with Gasteiger partial charge < -0.3 is 4.57 Å². The SMILES string of the molecule is c1ccc(-c2nc(-c3ccccc3)nc(-n3c4ccccc4c4cc5c(cc43)c3ccccc3n5-c3ccc(-c4ccc5c6ccccc6c6ccccc6c5c4)cc3)n2)cc1. The third kappa shape index (κ3) is 5.25. The van der Waals surface area contributed by atoms with E-state index in [1.165, 1.54) is 48.8 Å². The quantitative estimate of drug-likeness (QED) is 0.163. The van der Waals surface area contributed by atoms with Crippen molar-refractivity contribution in [2.24, 2.45) is 0 Å². The maximum absolute atomic E-state index is 5.18. The van der Waals surface area contributed by atoms with Crippen LogP contribution >= 0.6 is 0 Å². The highest BCUT2D eigenvalue weighted by Gasteiger charge is 2.21. The van der Waals surface area contributed by atoms with Crippen molar-refractivity contribution in [3.05, 3.63) is 212 Å². The lowest BCUT2D eigenvalue weighted by molar-refractivity contribution is 0.954. The summed E-state index contributed by atoms with van der Waals surface area (Å²) in [7, 11) is 0. The highest BCUT2D eigenvalue weighted by atomic mass is 15.2. The molecule has 0 bridgehead atoms. The smallest absolute Gasteiger partial charge is 0.238 e. The maximum atomic E-state index is 5.18. The van der Waals surface area contributed by atoms with Gasteiger partial charge in [-0.05, 0) is 85.9 Å². The van der Waals surface area contributed by atoms with E-state index in [2.05, 4.69) is 185 Å². The molecule has 0 aliphatic carbocycles. The molecule has 0 amide bonds. The Labute approximate surface area is 356 Å². The Morgan fingerprint density at radius 1 is 0.242 bits per heavy atom. The van der Waals surface area contributed by atoms with Crippen LogP contribution in [-0.4, -0.2) is 24.1 Å². The van der Waals surface area contributed by atoms with E-state index >= 15 is 0 Å². The first-order valence-electron chi connectivity index (χ1n) is 21.0. The molecule has 5 heteroatoms. The number of rotatable bonds is 5. The fourth-order valence-electron chi connectivity index (χ4n) is 9.71. The zero-order chi connectivity index (χ0) is 40.7. The van der Waals surface area contributed by atoms with E-state index in [-0.39, 0.29) is 0 Å². The largest absolute Gasteiger partial charge is 0.309 e. The van der Waals surface area contributed by atoms with Crippen LogP contribution in [0.5, 0.6) is 0 Å². The molecular formula is C57H35N5. The van der Waals surface area contributed by atoms with E-state index in [4.69, 9.17) is 15.0 Å². The molecule has 0 N–H and O–H groups in total. The topological polar surface area (TPSA) is 48.5 Å². The fourth-order valence-corrected chi connectivity index (χ4v) is 9.71. The average Bonchev–Trinajstić information content (AvgIpc) is 3.85. The molecular weight excluding hydrogens is 755 g/mol. The molecule has 3 heterocycles. The Bertz CT molecular complexity index is 3810. The minimum absolute atomic E-state index is 0.581. The summed E-state index contributed by atoms with van der Waals surface area (Å²) in [6.45, 7) is 0. The van der Waals surface area contributed by atoms with Gasteiger partial charge in [-0.1, -0.05) is 170 Å². The summed E-state index contributed by atoms with van der Waals surface area (Å²) in [5.41, 5.74) is 9.74. The zero-order valence-corrected chi connectivity index (χ0v) is 33.4. The predicted octanol–water partition coefficient (Wildman–Crippen LogP) is 14.5. The number of hydrogen-bond acceptors (Lipinski definition) is 3. The molecule has 0 fully saturated rings. The van der Waals surface area contributed by atoms with Crippen LogP contribution in [0.3, 0.4) is 0 Å². The fraction of sp³-hybridized carbons (Fsp3) is 0. The molecule has 0 saturated heterocycles. The normalized spacial score (nSPS) is 11.9. The van der Waals surface area contributed by atoms with Gasteiger partial charge in [0.05, 0.1) is 22.1 Å². The third-order valence-corrected chi connectivity index (χ3v) is 12.6. The van der Waals surface area contributed by atoms with Crippen molar-refractivity contribution in [3.8, 4) is 45.5 Å². The van der Waals surface area contributed by atoms with Crippen LogP contribution < -0.4 is 0 Å². The van der Waals surface area contributed by atoms with Gasteiger partial charge in [0.15, 0.2) is 11.6 Å². The number of nitrogens with zero attached hydrogens (tertiary/aromatic N) is 5. The predicted molar refractivity (Wildman–Crippen MR) is 257 cm³/mol. The van der Waals surface area contributed by atoms with Gasteiger partial charge in [-0.3, -0.25) is 4.57 Å². The summed E-state index contributed by atoms with van der Waals surface area (Å²) >= 11 is 0. The minimum atomic E-state index is 0.581. The molecule has 10 aromatic carbocycles. The summed E-state index contributed by atoms with van der Waals surface area (Å²) in [6.07, 6.45) is 0. The van der Waals surface area contributed by atoms with Crippen LogP contribution in [0.2, 0.25) is 0 Å². The van der Waals surface area contributed by atoms with Gasteiger partial charge in [-0.2, -0.15) is 9.97 Å². The zero-order valence-electron chi connectivity index (χ0n) is 33.4. The lowest BCUT2D eigenvalue weighted by Crippen LogP contribution is -2.06. The Balaban J connectivity index is 0.994. The first-order valence-corrected chi connectivity index (χ1v) is 21.0. The molecule has 13 rings (SSSR count). The summed E-state index contributed by atoms with van der Waals surface area (Å²) in [5.74, 6) is 1.84. The molecule has 0 unspecified atom stereocenters.